The van der Waals surface area contributed by atoms with Crippen LogP contribution in [-0.4, -0.2) is 32.8 Å². The van der Waals surface area contributed by atoms with E-state index in [-0.39, 0.29) is 11.9 Å². The van der Waals surface area contributed by atoms with E-state index in [9.17, 15) is 4.79 Å². The molecule has 0 aliphatic heterocycles. The monoisotopic (exact) mass is 369 g/mol. The molecular formula is C16H20ClN3OS2. The minimum Gasteiger partial charge on any atom is -0.336 e. The van der Waals surface area contributed by atoms with Crippen molar-refractivity contribution in [2.75, 3.05) is 5.75 Å². The number of aryl methyl sites for hydroxylation is 1. The van der Waals surface area contributed by atoms with Crippen molar-refractivity contribution in [1.82, 2.24) is 15.1 Å². The van der Waals surface area contributed by atoms with Crippen LogP contribution in [0.4, 0.5) is 0 Å². The first-order valence-electron chi connectivity index (χ1n) is 7.43. The molecule has 0 aliphatic carbocycles. The Hall–Kier alpha value is -1.11. The highest BCUT2D eigenvalue weighted by Crippen LogP contribution is 2.23. The summed E-state index contributed by atoms with van der Waals surface area (Å²) in [5.74, 6) is 0.841. The van der Waals surface area contributed by atoms with E-state index in [0.29, 0.717) is 23.7 Å². The van der Waals surface area contributed by atoms with Crippen molar-refractivity contribution >= 4 is 40.6 Å². The topological polar surface area (TPSA) is 46.1 Å². The van der Waals surface area contributed by atoms with Crippen LogP contribution in [0, 0.1) is 6.92 Å². The number of aromatic nitrogens is 2. The summed E-state index contributed by atoms with van der Waals surface area (Å²) in [5.41, 5.74) is 0.976. The summed E-state index contributed by atoms with van der Waals surface area (Å²) < 4.78 is 0.914. The molecule has 0 fully saturated rings. The molecule has 2 rings (SSSR count). The summed E-state index contributed by atoms with van der Waals surface area (Å²) in [6.07, 6.45) is 0.478. The Labute approximate surface area is 150 Å². The molecule has 0 atom stereocenters. The predicted octanol–water partition coefficient (Wildman–Crippen LogP) is 4.42. The smallest absolute Gasteiger partial charge is 0.223 e. The highest BCUT2D eigenvalue weighted by molar-refractivity contribution is 8.01. The lowest BCUT2D eigenvalue weighted by molar-refractivity contribution is -0.133. The van der Waals surface area contributed by atoms with E-state index in [1.807, 2.05) is 49.9 Å². The SMILES string of the molecule is Cc1nnc(SCCC(=O)N(Cc2ccccc2Cl)C(C)C)s1. The third-order valence-corrected chi connectivity index (χ3v) is 5.63. The third-order valence-electron chi connectivity index (χ3n) is 3.29. The molecule has 1 heterocycles. The molecule has 4 nitrogen and oxygen atoms in total. The van der Waals surface area contributed by atoms with Crippen LogP contribution in [0.15, 0.2) is 28.6 Å². The minimum atomic E-state index is 0.132. The molecule has 1 aromatic carbocycles. The number of rotatable bonds is 7. The van der Waals surface area contributed by atoms with Crippen molar-refractivity contribution in [3.63, 3.8) is 0 Å². The highest BCUT2D eigenvalue weighted by atomic mass is 35.5. The summed E-state index contributed by atoms with van der Waals surface area (Å²) in [5, 5.41) is 9.69. The van der Waals surface area contributed by atoms with Crippen molar-refractivity contribution in [1.29, 1.82) is 0 Å². The second kappa shape index (κ2) is 8.66. The Morgan fingerprint density at radius 3 is 2.70 bits per heavy atom. The van der Waals surface area contributed by atoms with Gasteiger partial charge in [-0.3, -0.25) is 4.79 Å². The molecule has 124 valence electrons. The van der Waals surface area contributed by atoms with Gasteiger partial charge in [-0.05, 0) is 32.4 Å². The molecule has 0 radical (unpaired) electrons. The lowest BCUT2D eigenvalue weighted by Crippen LogP contribution is -2.36. The van der Waals surface area contributed by atoms with E-state index in [2.05, 4.69) is 10.2 Å². The van der Waals surface area contributed by atoms with E-state index in [4.69, 9.17) is 11.6 Å². The van der Waals surface area contributed by atoms with Crippen molar-refractivity contribution in [2.24, 2.45) is 0 Å². The Kier molecular flexibility index (Phi) is 6.87. The summed E-state index contributed by atoms with van der Waals surface area (Å²) in [7, 11) is 0. The maximum Gasteiger partial charge on any atom is 0.223 e. The number of hydrogen-bond acceptors (Lipinski definition) is 5. The maximum absolute atomic E-state index is 12.5. The lowest BCUT2D eigenvalue weighted by atomic mass is 10.1. The fourth-order valence-corrected chi connectivity index (χ4v) is 4.08. The Balaban J connectivity index is 1.92. The number of halogens is 1. The van der Waals surface area contributed by atoms with Crippen molar-refractivity contribution < 1.29 is 4.79 Å². The summed E-state index contributed by atoms with van der Waals surface area (Å²) in [6, 6.07) is 7.79. The molecule has 0 bridgehead atoms. The van der Waals surface area contributed by atoms with E-state index < -0.39 is 0 Å². The Morgan fingerprint density at radius 2 is 2.09 bits per heavy atom. The van der Waals surface area contributed by atoms with Gasteiger partial charge in [-0.15, -0.1) is 10.2 Å². The normalized spacial score (nSPS) is 11.0. The number of hydrogen-bond donors (Lipinski definition) is 0. The second-order valence-corrected chi connectivity index (χ2v) is 8.32. The molecule has 0 saturated carbocycles. The first-order chi connectivity index (χ1) is 11.0. The van der Waals surface area contributed by atoms with Gasteiger partial charge in [-0.1, -0.05) is 52.9 Å². The van der Waals surface area contributed by atoms with Gasteiger partial charge in [0.05, 0.1) is 0 Å². The van der Waals surface area contributed by atoms with Gasteiger partial charge in [-0.25, -0.2) is 0 Å². The van der Waals surface area contributed by atoms with Crippen molar-refractivity contribution in [3.05, 3.63) is 39.9 Å². The van der Waals surface area contributed by atoms with Gasteiger partial charge in [0.2, 0.25) is 5.91 Å². The second-order valence-electron chi connectivity index (χ2n) is 5.39. The fraction of sp³-hybridized carbons (Fsp3) is 0.438. The zero-order valence-electron chi connectivity index (χ0n) is 13.5. The molecule has 23 heavy (non-hydrogen) atoms. The molecule has 0 aliphatic rings. The van der Waals surface area contributed by atoms with Crippen LogP contribution in [-0.2, 0) is 11.3 Å². The average Bonchev–Trinajstić information content (AvgIpc) is 2.91. The van der Waals surface area contributed by atoms with Crippen LogP contribution < -0.4 is 0 Å². The number of carbonyl (C=O) groups is 1. The van der Waals surface area contributed by atoms with Gasteiger partial charge >= 0.3 is 0 Å². The van der Waals surface area contributed by atoms with E-state index in [0.717, 1.165) is 14.9 Å². The fourth-order valence-electron chi connectivity index (χ4n) is 2.07. The number of carbonyl (C=O) groups excluding carboxylic acids is 1. The first kappa shape index (κ1) is 18.2. The van der Waals surface area contributed by atoms with E-state index in [1.54, 1.807) is 23.1 Å². The van der Waals surface area contributed by atoms with Gasteiger partial charge in [0.1, 0.15) is 5.01 Å². The van der Waals surface area contributed by atoms with Gasteiger partial charge in [0.15, 0.2) is 4.34 Å². The Bertz CT molecular complexity index is 660. The van der Waals surface area contributed by atoms with Gasteiger partial charge in [0, 0.05) is 29.8 Å². The van der Waals surface area contributed by atoms with Crippen molar-refractivity contribution in [2.45, 2.75) is 44.1 Å². The molecule has 1 amide bonds. The number of benzene rings is 1. The quantitative estimate of drug-likeness (QED) is 0.678. The molecule has 0 saturated heterocycles. The predicted molar refractivity (Wildman–Crippen MR) is 97.1 cm³/mol. The molecule has 0 unspecified atom stereocenters. The molecule has 1 aromatic heterocycles. The standard InChI is InChI=1S/C16H20ClN3OS2/c1-11(2)20(10-13-6-4-5-7-14(13)17)15(21)8-9-22-16-19-18-12(3)23-16/h4-7,11H,8-10H2,1-3H3. The minimum absolute atomic E-state index is 0.132. The highest BCUT2D eigenvalue weighted by Gasteiger charge is 2.18. The van der Waals surface area contributed by atoms with Crippen molar-refractivity contribution in [3.8, 4) is 0 Å². The molecular weight excluding hydrogens is 350 g/mol. The molecule has 0 N–H and O–H groups in total. The Morgan fingerprint density at radius 1 is 1.35 bits per heavy atom. The average molecular weight is 370 g/mol. The van der Waals surface area contributed by atoms with Crippen LogP contribution in [0.3, 0.4) is 0 Å². The number of thioether (sulfide) groups is 1. The van der Waals surface area contributed by atoms with Crippen LogP contribution in [0.25, 0.3) is 0 Å². The zero-order chi connectivity index (χ0) is 16.8. The summed E-state index contributed by atoms with van der Waals surface area (Å²) in [4.78, 5) is 14.4. The van der Waals surface area contributed by atoms with Gasteiger partial charge in [0.25, 0.3) is 0 Å². The van der Waals surface area contributed by atoms with Gasteiger partial charge in [-0.2, -0.15) is 0 Å². The summed E-state index contributed by atoms with van der Waals surface area (Å²) >= 11 is 9.35. The third kappa shape index (κ3) is 5.48. The van der Waals surface area contributed by atoms with Gasteiger partial charge < -0.3 is 4.90 Å². The van der Waals surface area contributed by atoms with Crippen LogP contribution in [0.2, 0.25) is 5.02 Å². The molecule has 0 spiro atoms. The zero-order valence-corrected chi connectivity index (χ0v) is 15.8. The first-order valence-corrected chi connectivity index (χ1v) is 9.61. The molecule has 7 heteroatoms. The largest absolute Gasteiger partial charge is 0.336 e. The number of nitrogens with zero attached hydrogens (tertiary/aromatic N) is 3. The van der Waals surface area contributed by atoms with E-state index in [1.165, 1.54) is 0 Å². The summed E-state index contributed by atoms with van der Waals surface area (Å²) in [6.45, 7) is 6.52. The van der Waals surface area contributed by atoms with Crippen LogP contribution in [0.5, 0.6) is 0 Å². The van der Waals surface area contributed by atoms with Crippen LogP contribution >= 0.6 is 34.7 Å². The van der Waals surface area contributed by atoms with E-state index >= 15 is 0 Å². The maximum atomic E-state index is 12.5. The number of amides is 1. The molecule has 2 aromatic rings. The lowest BCUT2D eigenvalue weighted by Gasteiger charge is -2.27. The van der Waals surface area contributed by atoms with Crippen LogP contribution in [0.1, 0.15) is 30.8 Å².